The molecule has 4 rings (SSSR count). The number of carbonyl (C=O) groups excluding carboxylic acids is 2. The predicted molar refractivity (Wildman–Crippen MR) is 98.6 cm³/mol. The summed E-state index contributed by atoms with van der Waals surface area (Å²) >= 11 is 6.14. The summed E-state index contributed by atoms with van der Waals surface area (Å²) in [6, 6.07) is 10.3. The van der Waals surface area contributed by atoms with Crippen molar-refractivity contribution in [2.75, 3.05) is 32.1 Å². The molecule has 2 heterocycles. The number of rotatable bonds is 2. The van der Waals surface area contributed by atoms with Crippen molar-refractivity contribution in [2.45, 2.75) is 6.04 Å². The summed E-state index contributed by atoms with van der Waals surface area (Å²) in [7, 11) is 1.59. The Morgan fingerprint density at radius 2 is 2.04 bits per heavy atom. The van der Waals surface area contributed by atoms with Gasteiger partial charge in [0.05, 0.1) is 31.5 Å². The molecule has 2 aliphatic heterocycles. The van der Waals surface area contributed by atoms with Gasteiger partial charge < -0.3 is 20.3 Å². The molecule has 1 saturated heterocycles. The molecule has 134 valence electrons. The standard InChI is InChI=1S/C19H18ClN3O3/c1-26-17-5-3-12(20)9-13(17)11-2-4-15-14(8-11)19(25)23-7-6-21-10-16(23)18(24)22-15/h2-5,8-9,16,21H,6-7,10H2,1H3,(H,22,24)/p+1/t16-/m1/s1. The first-order chi connectivity index (χ1) is 12.6. The zero-order valence-electron chi connectivity index (χ0n) is 14.3. The van der Waals surface area contributed by atoms with Crippen molar-refractivity contribution < 1.29 is 19.6 Å². The van der Waals surface area contributed by atoms with Crippen LogP contribution in [0.1, 0.15) is 10.4 Å². The molecular formula is C19H19ClN3O3+. The quantitative estimate of drug-likeness (QED) is 0.835. The van der Waals surface area contributed by atoms with Gasteiger partial charge in [0.2, 0.25) is 0 Å². The van der Waals surface area contributed by atoms with Crippen LogP contribution in [-0.2, 0) is 4.79 Å². The van der Waals surface area contributed by atoms with E-state index in [2.05, 4.69) is 10.6 Å². The Kier molecular flexibility index (Phi) is 4.30. The summed E-state index contributed by atoms with van der Waals surface area (Å²) in [4.78, 5) is 27.2. The van der Waals surface area contributed by atoms with E-state index in [0.29, 0.717) is 35.1 Å². The number of quaternary nitrogens is 1. The van der Waals surface area contributed by atoms with Crippen molar-refractivity contribution in [3.05, 3.63) is 47.0 Å². The first-order valence-electron chi connectivity index (χ1n) is 8.50. The minimum Gasteiger partial charge on any atom is -0.496 e. The molecule has 0 saturated carbocycles. The number of fused-ring (bicyclic) bond motifs is 2. The zero-order chi connectivity index (χ0) is 18.3. The summed E-state index contributed by atoms with van der Waals surface area (Å²) in [5, 5.41) is 5.54. The van der Waals surface area contributed by atoms with Crippen LogP contribution in [0.25, 0.3) is 11.1 Å². The van der Waals surface area contributed by atoms with E-state index in [9.17, 15) is 9.59 Å². The smallest absolute Gasteiger partial charge is 0.257 e. The maximum absolute atomic E-state index is 13.1. The van der Waals surface area contributed by atoms with Gasteiger partial charge in [-0.1, -0.05) is 17.7 Å². The Morgan fingerprint density at radius 1 is 1.19 bits per heavy atom. The second-order valence-electron chi connectivity index (χ2n) is 6.42. The van der Waals surface area contributed by atoms with Crippen LogP contribution >= 0.6 is 11.6 Å². The molecular weight excluding hydrogens is 354 g/mol. The summed E-state index contributed by atoms with van der Waals surface area (Å²) in [6.45, 7) is 1.94. The van der Waals surface area contributed by atoms with Gasteiger partial charge in [-0.25, -0.2) is 0 Å². The number of benzene rings is 2. The number of nitrogens with two attached hydrogens (primary N) is 1. The van der Waals surface area contributed by atoms with Crippen molar-refractivity contribution in [3.63, 3.8) is 0 Å². The van der Waals surface area contributed by atoms with E-state index < -0.39 is 6.04 Å². The highest BCUT2D eigenvalue weighted by atomic mass is 35.5. The second kappa shape index (κ2) is 6.63. The van der Waals surface area contributed by atoms with Gasteiger partial charge in [-0.05, 0) is 35.9 Å². The monoisotopic (exact) mass is 372 g/mol. The Balaban J connectivity index is 1.81. The molecule has 2 amide bonds. The van der Waals surface area contributed by atoms with Gasteiger partial charge in [0.1, 0.15) is 12.3 Å². The average molecular weight is 373 g/mol. The number of carbonyl (C=O) groups is 2. The minimum absolute atomic E-state index is 0.126. The van der Waals surface area contributed by atoms with E-state index in [4.69, 9.17) is 16.3 Å². The zero-order valence-corrected chi connectivity index (χ0v) is 15.0. The number of ether oxygens (including phenoxy) is 1. The number of piperazine rings is 1. The Bertz CT molecular complexity index is 900. The van der Waals surface area contributed by atoms with E-state index in [1.54, 1.807) is 42.3 Å². The molecule has 1 fully saturated rings. The fraction of sp³-hybridized carbons (Fsp3) is 0.263. The minimum atomic E-state index is -0.437. The maximum Gasteiger partial charge on any atom is 0.257 e. The van der Waals surface area contributed by atoms with Crippen molar-refractivity contribution in [1.29, 1.82) is 0 Å². The number of nitrogens with zero attached hydrogens (tertiary/aromatic N) is 1. The number of anilines is 1. The van der Waals surface area contributed by atoms with Crippen LogP contribution in [0.3, 0.4) is 0 Å². The number of amides is 2. The van der Waals surface area contributed by atoms with Gasteiger partial charge >= 0.3 is 0 Å². The van der Waals surface area contributed by atoms with Crippen LogP contribution in [0.4, 0.5) is 5.69 Å². The van der Waals surface area contributed by atoms with Crippen LogP contribution < -0.4 is 15.4 Å². The molecule has 0 spiro atoms. The van der Waals surface area contributed by atoms with Gasteiger partial charge in [0, 0.05) is 10.6 Å². The molecule has 0 unspecified atom stereocenters. The number of nitrogens with one attached hydrogen (secondary N) is 1. The van der Waals surface area contributed by atoms with Crippen LogP contribution in [0, 0.1) is 0 Å². The number of methoxy groups -OCH3 is 1. The molecule has 3 N–H and O–H groups in total. The average Bonchev–Trinajstić information content (AvgIpc) is 2.77. The molecule has 0 bridgehead atoms. The van der Waals surface area contributed by atoms with E-state index in [1.165, 1.54) is 0 Å². The summed E-state index contributed by atoms with van der Waals surface area (Å²) in [6.07, 6.45) is 0. The molecule has 0 aliphatic carbocycles. The van der Waals surface area contributed by atoms with Gasteiger partial charge in [0.25, 0.3) is 11.8 Å². The highest BCUT2D eigenvalue weighted by Crippen LogP contribution is 2.35. The maximum atomic E-state index is 13.1. The summed E-state index contributed by atoms with van der Waals surface area (Å²) in [5.74, 6) is 0.408. The number of hydrogen-bond acceptors (Lipinski definition) is 3. The second-order valence-corrected chi connectivity index (χ2v) is 6.86. The third-order valence-electron chi connectivity index (χ3n) is 4.88. The SMILES string of the molecule is COc1ccc(Cl)cc1-c1ccc2c(c1)C(=O)N1CC[NH2+]C[C@@H]1C(=O)N2. The van der Waals surface area contributed by atoms with Crippen LogP contribution in [0.15, 0.2) is 36.4 Å². The molecule has 0 radical (unpaired) electrons. The fourth-order valence-corrected chi connectivity index (χ4v) is 3.73. The highest BCUT2D eigenvalue weighted by Gasteiger charge is 2.38. The molecule has 2 aliphatic rings. The molecule has 26 heavy (non-hydrogen) atoms. The normalized spacial score (nSPS) is 19.3. The largest absolute Gasteiger partial charge is 0.496 e. The van der Waals surface area contributed by atoms with Crippen molar-refractivity contribution in [3.8, 4) is 16.9 Å². The lowest BCUT2D eigenvalue weighted by Crippen LogP contribution is -2.92. The van der Waals surface area contributed by atoms with Gasteiger partial charge in [-0.3, -0.25) is 9.59 Å². The lowest BCUT2D eigenvalue weighted by molar-refractivity contribution is -0.665. The van der Waals surface area contributed by atoms with Crippen molar-refractivity contribution in [2.24, 2.45) is 0 Å². The first-order valence-corrected chi connectivity index (χ1v) is 8.88. The van der Waals surface area contributed by atoms with Crippen LogP contribution in [0.2, 0.25) is 5.02 Å². The Hall–Kier alpha value is -2.57. The predicted octanol–water partition coefficient (Wildman–Crippen LogP) is 1.36. The number of halogens is 1. The van der Waals surface area contributed by atoms with Crippen LogP contribution in [0.5, 0.6) is 5.75 Å². The van der Waals surface area contributed by atoms with E-state index in [-0.39, 0.29) is 11.8 Å². The topological polar surface area (TPSA) is 75.2 Å². The summed E-state index contributed by atoms with van der Waals surface area (Å²) < 4.78 is 5.43. The van der Waals surface area contributed by atoms with Crippen molar-refractivity contribution in [1.82, 2.24) is 4.90 Å². The van der Waals surface area contributed by atoms with Crippen molar-refractivity contribution >= 4 is 29.1 Å². The molecule has 2 aromatic carbocycles. The van der Waals surface area contributed by atoms with E-state index in [1.807, 2.05) is 6.07 Å². The van der Waals surface area contributed by atoms with E-state index in [0.717, 1.165) is 17.7 Å². The first kappa shape index (κ1) is 16.9. The highest BCUT2D eigenvalue weighted by molar-refractivity contribution is 6.31. The fourth-order valence-electron chi connectivity index (χ4n) is 3.56. The summed E-state index contributed by atoms with van der Waals surface area (Å²) in [5.41, 5.74) is 2.64. The number of hydrogen-bond donors (Lipinski definition) is 2. The van der Waals surface area contributed by atoms with E-state index >= 15 is 0 Å². The Labute approximate surface area is 156 Å². The van der Waals surface area contributed by atoms with Crippen LogP contribution in [-0.4, -0.2) is 49.5 Å². The third kappa shape index (κ3) is 2.81. The van der Waals surface area contributed by atoms with Gasteiger partial charge in [-0.15, -0.1) is 0 Å². The van der Waals surface area contributed by atoms with Gasteiger partial charge in [0.15, 0.2) is 6.04 Å². The molecule has 1 atom stereocenters. The Morgan fingerprint density at radius 3 is 2.85 bits per heavy atom. The molecule has 6 nitrogen and oxygen atoms in total. The third-order valence-corrected chi connectivity index (χ3v) is 5.12. The molecule has 0 aromatic heterocycles. The lowest BCUT2D eigenvalue weighted by Gasteiger charge is -2.30. The molecule has 2 aromatic rings. The van der Waals surface area contributed by atoms with Gasteiger partial charge in [-0.2, -0.15) is 0 Å². The molecule has 7 heteroatoms. The lowest BCUT2D eigenvalue weighted by atomic mass is 10.00.